The molecule has 3 aromatic carbocycles. The molecule has 4 rings (SSSR count). The predicted octanol–water partition coefficient (Wildman–Crippen LogP) is 5.42. The molecule has 0 N–H and O–H groups in total. The number of nitrogens with zero attached hydrogens (tertiary/aromatic N) is 2. The van der Waals surface area contributed by atoms with E-state index in [1.54, 1.807) is 0 Å². The maximum Gasteiger partial charge on any atom is 0.416 e. The largest absolute Gasteiger partial charge is 0.457 e. The van der Waals surface area contributed by atoms with Crippen LogP contribution in [0, 0.1) is 10.1 Å². The van der Waals surface area contributed by atoms with Gasteiger partial charge in [-0.25, -0.2) is 9.69 Å². The first-order chi connectivity index (χ1) is 16.5. The second-order valence-electron chi connectivity index (χ2n) is 7.37. The molecule has 2 amide bonds. The lowest BCUT2D eigenvalue weighted by atomic mass is 10.1. The van der Waals surface area contributed by atoms with Crippen molar-refractivity contribution in [3.8, 4) is 0 Å². The van der Waals surface area contributed by atoms with E-state index in [-0.39, 0.29) is 34.0 Å². The van der Waals surface area contributed by atoms with Crippen LogP contribution in [0.5, 0.6) is 0 Å². The summed E-state index contributed by atoms with van der Waals surface area (Å²) < 4.78 is 44.5. The predicted molar refractivity (Wildman–Crippen MR) is 116 cm³/mol. The van der Waals surface area contributed by atoms with Crippen LogP contribution < -0.4 is 4.90 Å². The molecule has 0 bridgehead atoms. The van der Waals surface area contributed by atoms with E-state index < -0.39 is 40.1 Å². The molecular weight excluding hydrogens is 493 g/mol. The summed E-state index contributed by atoms with van der Waals surface area (Å²) in [7, 11) is 0. The molecule has 1 aliphatic heterocycles. The van der Waals surface area contributed by atoms with Crippen LogP contribution in [-0.2, 0) is 17.5 Å². The van der Waals surface area contributed by atoms with Crippen molar-refractivity contribution in [2.45, 2.75) is 12.8 Å². The third-order valence-corrected chi connectivity index (χ3v) is 5.45. The Hall–Kier alpha value is -4.25. The number of ether oxygens (including phenoxy) is 1. The van der Waals surface area contributed by atoms with Crippen LogP contribution in [0.2, 0.25) is 5.02 Å². The van der Waals surface area contributed by atoms with Gasteiger partial charge < -0.3 is 4.74 Å². The van der Waals surface area contributed by atoms with Gasteiger partial charge in [0, 0.05) is 12.1 Å². The molecule has 0 atom stereocenters. The number of esters is 1. The summed E-state index contributed by atoms with van der Waals surface area (Å²) in [5.74, 6) is -2.74. The van der Waals surface area contributed by atoms with Gasteiger partial charge >= 0.3 is 12.1 Å². The van der Waals surface area contributed by atoms with Gasteiger partial charge in [0.15, 0.2) is 0 Å². The Morgan fingerprint density at radius 1 is 1.00 bits per heavy atom. The van der Waals surface area contributed by atoms with Crippen molar-refractivity contribution in [3.05, 3.63) is 104 Å². The first-order valence-electron chi connectivity index (χ1n) is 9.77. The van der Waals surface area contributed by atoms with Gasteiger partial charge in [-0.15, -0.1) is 0 Å². The number of carbonyl (C=O) groups excluding carboxylic acids is 3. The van der Waals surface area contributed by atoms with Crippen LogP contribution in [0.1, 0.15) is 42.2 Å². The van der Waals surface area contributed by atoms with Crippen LogP contribution in [0.4, 0.5) is 24.5 Å². The number of non-ortho nitro benzene ring substituents is 1. The Kier molecular flexibility index (Phi) is 6.03. The minimum Gasteiger partial charge on any atom is -0.457 e. The van der Waals surface area contributed by atoms with Crippen molar-refractivity contribution in [3.63, 3.8) is 0 Å². The number of rotatable bonds is 5. The molecule has 0 aliphatic carbocycles. The number of nitro groups is 1. The summed E-state index contributed by atoms with van der Waals surface area (Å²) in [6.07, 6.45) is -4.73. The molecule has 0 unspecified atom stereocenters. The van der Waals surface area contributed by atoms with E-state index in [9.17, 15) is 37.7 Å². The van der Waals surface area contributed by atoms with Gasteiger partial charge in [0.05, 0.1) is 37.9 Å². The van der Waals surface area contributed by atoms with E-state index in [2.05, 4.69) is 0 Å². The highest BCUT2D eigenvalue weighted by atomic mass is 35.5. The summed E-state index contributed by atoms with van der Waals surface area (Å²) in [4.78, 5) is 49.0. The molecule has 0 saturated carbocycles. The van der Waals surface area contributed by atoms with Crippen LogP contribution in [0.15, 0.2) is 60.7 Å². The second-order valence-corrected chi connectivity index (χ2v) is 7.78. The SMILES string of the molecule is O=C(OCc1cccc([N+](=O)[O-])c1)c1ccc2c(c1)C(=O)N(c1cc(C(F)(F)F)ccc1Cl)C2=O. The lowest BCUT2D eigenvalue weighted by Crippen LogP contribution is -2.30. The van der Waals surface area contributed by atoms with Gasteiger partial charge in [-0.1, -0.05) is 23.7 Å². The summed E-state index contributed by atoms with van der Waals surface area (Å²) in [5.41, 5.74) is -1.82. The number of halogens is 4. The maximum absolute atomic E-state index is 13.1. The second kappa shape index (κ2) is 8.84. The molecular formula is C23H12ClF3N2O6. The maximum atomic E-state index is 13.1. The van der Waals surface area contributed by atoms with Crippen LogP contribution in [0.3, 0.4) is 0 Å². The minimum atomic E-state index is -4.73. The Balaban J connectivity index is 1.58. The molecule has 0 radical (unpaired) electrons. The van der Waals surface area contributed by atoms with E-state index >= 15 is 0 Å². The molecule has 35 heavy (non-hydrogen) atoms. The van der Waals surface area contributed by atoms with Crippen molar-refractivity contribution in [2.75, 3.05) is 4.90 Å². The fourth-order valence-corrected chi connectivity index (χ4v) is 3.64. The standard InChI is InChI=1S/C23H12ClF3N2O6/c24-18-7-5-14(23(25,26)27)10-19(18)28-20(30)16-6-4-13(9-17(16)21(28)31)22(32)35-11-12-2-1-3-15(8-12)29(33)34/h1-10H,11H2. The van der Waals surface area contributed by atoms with E-state index in [4.69, 9.17) is 16.3 Å². The van der Waals surface area contributed by atoms with Crippen molar-refractivity contribution >= 4 is 40.8 Å². The molecule has 0 spiro atoms. The Morgan fingerprint density at radius 2 is 1.71 bits per heavy atom. The Morgan fingerprint density at radius 3 is 2.40 bits per heavy atom. The first-order valence-corrected chi connectivity index (χ1v) is 10.1. The fourth-order valence-electron chi connectivity index (χ4n) is 3.44. The molecule has 12 heteroatoms. The van der Waals surface area contributed by atoms with Crippen LogP contribution >= 0.6 is 11.6 Å². The quantitative estimate of drug-likeness (QED) is 0.199. The van der Waals surface area contributed by atoms with Gasteiger partial charge in [-0.2, -0.15) is 13.2 Å². The smallest absolute Gasteiger partial charge is 0.416 e. The van der Waals surface area contributed by atoms with Crippen molar-refractivity contribution in [2.24, 2.45) is 0 Å². The van der Waals surface area contributed by atoms with Crippen LogP contribution in [-0.4, -0.2) is 22.7 Å². The van der Waals surface area contributed by atoms with Crippen LogP contribution in [0.25, 0.3) is 0 Å². The molecule has 0 fully saturated rings. The van der Waals surface area contributed by atoms with E-state index in [0.717, 1.165) is 18.2 Å². The average Bonchev–Trinajstić information content (AvgIpc) is 3.06. The highest BCUT2D eigenvalue weighted by molar-refractivity contribution is 6.40. The number of fused-ring (bicyclic) bond motifs is 1. The Labute approximate surface area is 199 Å². The highest BCUT2D eigenvalue weighted by Gasteiger charge is 2.40. The molecule has 178 valence electrons. The molecule has 8 nitrogen and oxygen atoms in total. The number of amides is 2. The van der Waals surface area contributed by atoms with E-state index in [0.29, 0.717) is 16.5 Å². The zero-order valence-electron chi connectivity index (χ0n) is 17.3. The first kappa shape index (κ1) is 23.9. The average molecular weight is 505 g/mol. The van der Waals surface area contributed by atoms with Gasteiger partial charge in [-0.05, 0) is 42.0 Å². The topological polar surface area (TPSA) is 107 Å². The molecule has 3 aromatic rings. The number of hydrogen-bond donors (Lipinski definition) is 0. The number of alkyl halides is 3. The summed E-state index contributed by atoms with van der Waals surface area (Å²) >= 11 is 5.98. The van der Waals surface area contributed by atoms with Gasteiger partial charge in [0.1, 0.15) is 6.61 Å². The minimum absolute atomic E-state index is 0.104. The monoisotopic (exact) mass is 504 g/mol. The number of carbonyl (C=O) groups is 3. The Bertz CT molecular complexity index is 1410. The molecule has 1 aliphatic rings. The van der Waals surface area contributed by atoms with Gasteiger partial charge in [-0.3, -0.25) is 19.7 Å². The molecule has 0 saturated heterocycles. The number of nitro benzene ring substituents is 1. The normalized spacial score (nSPS) is 13.1. The third kappa shape index (κ3) is 4.58. The zero-order chi connectivity index (χ0) is 25.5. The van der Waals surface area contributed by atoms with Crippen molar-refractivity contribution in [1.82, 2.24) is 0 Å². The van der Waals surface area contributed by atoms with Crippen molar-refractivity contribution < 1.29 is 37.2 Å². The summed E-state index contributed by atoms with van der Waals surface area (Å²) in [6.45, 7) is -0.295. The fraction of sp³-hybridized carbons (Fsp3) is 0.0870. The number of imide groups is 1. The lowest BCUT2D eigenvalue weighted by molar-refractivity contribution is -0.384. The third-order valence-electron chi connectivity index (χ3n) is 5.13. The summed E-state index contributed by atoms with van der Waals surface area (Å²) in [6, 6.07) is 11.2. The molecule has 0 aromatic heterocycles. The lowest BCUT2D eigenvalue weighted by Gasteiger charge is -2.17. The number of hydrogen-bond acceptors (Lipinski definition) is 6. The molecule has 1 heterocycles. The van der Waals surface area contributed by atoms with Gasteiger partial charge in [0.25, 0.3) is 17.5 Å². The zero-order valence-corrected chi connectivity index (χ0v) is 18.1. The van der Waals surface area contributed by atoms with E-state index in [1.807, 2.05) is 0 Å². The van der Waals surface area contributed by atoms with Crippen molar-refractivity contribution in [1.29, 1.82) is 0 Å². The number of benzene rings is 3. The number of anilines is 1. The van der Waals surface area contributed by atoms with Gasteiger partial charge in [0.2, 0.25) is 0 Å². The highest BCUT2D eigenvalue weighted by Crippen LogP contribution is 2.38. The summed E-state index contributed by atoms with van der Waals surface area (Å²) in [5, 5.41) is 10.6. The van der Waals surface area contributed by atoms with E-state index in [1.165, 1.54) is 36.4 Å².